The van der Waals surface area contributed by atoms with Crippen LogP contribution in [0.4, 0.5) is 4.79 Å². The molecule has 3 aromatic carbocycles. The first kappa shape index (κ1) is 36.9. The molecule has 0 unspecified atom stereocenters. The minimum absolute atomic E-state index is 0.0770. The number of carbonyl (C=O) groups excluding carboxylic acids is 4. The van der Waals surface area contributed by atoms with E-state index in [0.29, 0.717) is 36.8 Å². The van der Waals surface area contributed by atoms with E-state index in [1.54, 1.807) is 9.80 Å². The fraction of sp³-hybridized carbons (Fsp3) is 0.405. The zero-order valence-electron chi connectivity index (χ0n) is 30.7. The second-order valence-corrected chi connectivity index (χ2v) is 14.6. The normalized spacial score (nSPS) is 22.3. The highest BCUT2D eigenvalue weighted by Gasteiger charge is 2.39. The number of aromatic nitrogens is 2. The monoisotopic (exact) mass is 731 g/mol. The summed E-state index contributed by atoms with van der Waals surface area (Å²) in [6.45, 7) is 1.11. The van der Waals surface area contributed by atoms with Crippen LogP contribution < -0.4 is 16.4 Å². The Bertz CT molecular complexity index is 1910. The van der Waals surface area contributed by atoms with Crippen LogP contribution in [0.1, 0.15) is 97.9 Å². The van der Waals surface area contributed by atoms with E-state index in [2.05, 4.69) is 39.9 Å². The molecule has 1 saturated carbocycles. The molecule has 7 rings (SSSR count). The Kier molecular flexibility index (Phi) is 11.4. The number of likely N-dealkylation sites (tertiary alicyclic amines) is 2. The van der Waals surface area contributed by atoms with Gasteiger partial charge < -0.3 is 35.9 Å². The number of nitrogens with zero attached hydrogens (tertiary/aromatic N) is 3. The van der Waals surface area contributed by atoms with Gasteiger partial charge in [-0.1, -0.05) is 84.9 Å². The van der Waals surface area contributed by atoms with Gasteiger partial charge in [0, 0.05) is 19.1 Å². The summed E-state index contributed by atoms with van der Waals surface area (Å²) in [6.07, 6.45) is 7.87. The molecular formula is C42H49N7O5. The number of amides is 4. The molecule has 4 aromatic rings. The van der Waals surface area contributed by atoms with Crippen LogP contribution in [0.25, 0.3) is 11.3 Å². The molecule has 5 N–H and O–H groups in total. The molecule has 0 bridgehead atoms. The number of hydrogen-bond donors (Lipinski definition) is 4. The van der Waals surface area contributed by atoms with Crippen LogP contribution in [0, 0.1) is 0 Å². The predicted molar refractivity (Wildman–Crippen MR) is 204 cm³/mol. The van der Waals surface area contributed by atoms with E-state index in [-0.39, 0.29) is 29.8 Å². The quantitative estimate of drug-likeness (QED) is 0.163. The third-order valence-corrected chi connectivity index (χ3v) is 11.3. The molecule has 1 aromatic heterocycles. The maximum absolute atomic E-state index is 13.9. The number of nitrogens with two attached hydrogens (primary N) is 1. The highest BCUT2D eigenvalue weighted by atomic mass is 16.5. The zero-order valence-corrected chi connectivity index (χ0v) is 30.7. The molecule has 0 radical (unpaired) electrons. The van der Waals surface area contributed by atoms with E-state index < -0.39 is 24.2 Å². The van der Waals surface area contributed by atoms with Gasteiger partial charge in [-0.25, -0.2) is 9.78 Å². The minimum atomic E-state index is -0.870. The molecular weight excluding hydrogens is 683 g/mol. The summed E-state index contributed by atoms with van der Waals surface area (Å²) in [5.74, 6) is 0.633. The van der Waals surface area contributed by atoms with Crippen molar-refractivity contribution in [3.63, 3.8) is 0 Å². The standard InChI is InChI=1S/C42H49N7O5/c1-54-42(53)47-37(31-12-6-3-7-13-31)41(52)48-24-8-14-34(48)38-44-26-33(46-38)29-18-16-27(17-19-29)28-20-22-32(23-21-28)45-39(50)35-15-9-25-49(35)40(51)36(43)30-10-4-2-5-11-30/h2-7,10-13,16-19,26,28,32,34-37H,8-9,14-15,20-25,43H2,1H3,(H,44,46)(H,45,50)(H,47,53)/t28-,32-,34-,35-,36+,37+/m0/s1. The molecule has 1 aliphatic carbocycles. The van der Waals surface area contributed by atoms with Crippen LogP contribution >= 0.6 is 0 Å². The Morgan fingerprint density at radius 3 is 2.13 bits per heavy atom. The van der Waals surface area contributed by atoms with E-state index >= 15 is 0 Å². The minimum Gasteiger partial charge on any atom is -0.453 e. The summed E-state index contributed by atoms with van der Waals surface area (Å²) >= 11 is 0. The number of ether oxygens (including phenoxy) is 1. The van der Waals surface area contributed by atoms with Crippen molar-refractivity contribution in [1.29, 1.82) is 0 Å². The Balaban J connectivity index is 0.931. The van der Waals surface area contributed by atoms with Crippen molar-refractivity contribution >= 4 is 23.8 Å². The van der Waals surface area contributed by atoms with Gasteiger partial charge in [-0.2, -0.15) is 0 Å². The number of benzene rings is 3. The van der Waals surface area contributed by atoms with Gasteiger partial charge in [0.15, 0.2) is 0 Å². The number of methoxy groups -OCH3 is 1. The lowest BCUT2D eigenvalue weighted by Gasteiger charge is -2.32. The van der Waals surface area contributed by atoms with Crippen LogP contribution in [-0.4, -0.2) is 75.9 Å². The van der Waals surface area contributed by atoms with Crippen LogP contribution in [-0.2, 0) is 19.1 Å². The Morgan fingerprint density at radius 1 is 0.796 bits per heavy atom. The second-order valence-electron chi connectivity index (χ2n) is 14.6. The molecule has 3 heterocycles. The first-order valence-electron chi connectivity index (χ1n) is 19.1. The number of imidazole rings is 1. The SMILES string of the molecule is COC(=O)N[C@@H](C(=O)N1CCC[C@H]1c1ncc(-c2ccc([C@H]3CC[C@H](NC(=O)[C@@H]4CCCN4C(=O)[C@H](N)c4ccccc4)CC3)cc2)[nH]1)c1ccccc1. The van der Waals surface area contributed by atoms with E-state index in [0.717, 1.165) is 61.8 Å². The molecule has 4 amide bonds. The fourth-order valence-electron chi connectivity index (χ4n) is 8.33. The van der Waals surface area contributed by atoms with Crippen molar-refractivity contribution in [2.45, 2.75) is 87.5 Å². The van der Waals surface area contributed by atoms with Crippen molar-refractivity contribution in [3.8, 4) is 11.3 Å². The summed E-state index contributed by atoms with van der Waals surface area (Å²) in [6, 6.07) is 24.8. The van der Waals surface area contributed by atoms with Crippen molar-refractivity contribution in [1.82, 2.24) is 30.4 Å². The lowest BCUT2D eigenvalue weighted by Crippen LogP contribution is -2.51. The van der Waals surface area contributed by atoms with E-state index in [9.17, 15) is 19.2 Å². The molecule has 12 heteroatoms. The van der Waals surface area contributed by atoms with Crippen molar-refractivity contribution in [3.05, 3.63) is 114 Å². The van der Waals surface area contributed by atoms with Crippen molar-refractivity contribution in [2.24, 2.45) is 5.73 Å². The maximum Gasteiger partial charge on any atom is 0.407 e. The van der Waals surface area contributed by atoms with E-state index in [1.165, 1.54) is 12.7 Å². The van der Waals surface area contributed by atoms with Gasteiger partial charge in [0.1, 0.15) is 23.9 Å². The van der Waals surface area contributed by atoms with Gasteiger partial charge >= 0.3 is 6.09 Å². The summed E-state index contributed by atoms with van der Waals surface area (Å²) in [5.41, 5.74) is 10.9. The zero-order chi connectivity index (χ0) is 37.6. The lowest BCUT2D eigenvalue weighted by atomic mass is 9.81. The topological polar surface area (TPSA) is 163 Å². The number of H-pyrrole nitrogens is 1. The van der Waals surface area contributed by atoms with Crippen LogP contribution in [0.15, 0.2) is 91.1 Å². The van der Waals surface area contributed by atoms with Crippen LogP contribution in [0.3, 0.4) is 0 Å². The molecule has 12 nitrogen and oxygen atoms in total. The third-order valence-electron chi connectivity index (χ3n) is 11.3. The first-order valence-corrected chi connectivity index (χ1v) is 19.1. The molecule has 0 spiro atoms. The fourth-order valence-corrected chi connectivity index (χ4v) is 8.33. The van der Waals surface area contributed by atoms with Gasteiger partial charge in [-0.3, -0.25) is 14.4 Å². The van der Waals surface area contributed by atoms with Crippen molar-refractivity contribution in [2.75, 3.05) is 20.2 Å². The molecule has 2 saturated heterocycles. The van der Waals surface area contributed by atoms with Gasteiger partial charge in [-0.05, 0) is 79.5 Å². The van der Waals surface area contributed by atoms with E-state index in [4.69, 9.17) is 15.5 Å². The average Bonchev–Trinajstić information content (AvgIpc) is 4.02. The molecule has 3 aliphatic rings. The van der Waals surface area contributed by atoms with Gasteiger partial charge in [-0.15, -0.1) is 0 Å². The molecule has 2 aliphatic heterocycles. The summed E-state index contributed by atoms with van der Waals surface area (Å²) in [4.78, 5) is 64.3. The molecule has 4 atom stereocenters. The molecule has 282 valence electrons. The number of carbonyl (C=O) groups is 4. The number of nitrogens with one attached hydrogen (secondary N) is 3. The smallest absolute Gasteiger partial charge is 0.407 e. The Hall–Kier alpha value is -5.49. The molecule has 54 heavy (non-hydrogen) atoms. The third kappa shape index (κ3) is 8.03. The molecule has 3 fully saturated rings. The second kappa shape index (κ2) is 16.7. The summed E-state index contributed by atoms with van der Waals surface area (Å²) in [5, 5.41) is 5.97. The number of aromatic amines is 1. The van der Waals surface area contributed by atoms with E-state index in [1.807, 2.05) is 66.9 Å². The Labute approximate surface area is 315 Å². The van der Waals surface area contributed by atoms with Crippen LogP contribution in [0.5, 0.6) is 0 Å². The van der Waals surface area contributed by atoms with Gasteiger partial charge in [0.25, 0.3) is 5.91 Å². The summed E-state index contributed by atoms with van der Waals surface area (Å²) < 4.78 is 4.82. The van der Waals surface area contributed by atoms with Gasteiger partial charge in [0.2, 0.25) is 11.8 Å². The number of rotatable bonds is 10. The maximum atomic E-state index is 13.9. The number of alkyl carbamates (subject to hydrolysis) is 1. The average molecular weight is 732 g/mol. The first-order chi connectivity index (χ1) is 26.3. The van der Waals surface area contributed by atoms with Crippen molar-refractivity contribution < 1.29 is 23.9 Å². The Morgan fingerprint density at radius 2 is 1.44 bits per heavy atom. The van der Waals surface area contributed by atoms with Gasteiger partial charge in [0.05, 0.1) is 25.0 Å². The number of hydrogen-bond acceptors (Lipinski definition) is 7. The lowest BCUT2D eigenvalue weighted by molar-refractivity contribution is -0.139. The summed E-state index contributed by atoms with van der Waals surface area (Å²) in [7, 11) is 1.28. The van der Waals surface area contributed by atoms with Crippen LogP contribution in [0.2, 0.25) is 0 Å². The highest BCUT2D eigenvalue weighted by Crippen LogP contribution is 2.36. The largest absolute Gasteiger partial charge is 0.453 e. The highest BCUT2D eigenvalue weighted by molar-refractivity contribution is 5.91. The predicted octanol–water partition coefficient (Wildman–Crippen LogP) is 5.67.